The molecule has 1 heterocycles. The lowest BCUT2D eigenvalue weighted by Crippen LogP contribution is -2.38. The molecule has 0 spiro atoms. The van der Waals surface area contributed by atoms with Gasteiger partial charge in [0.2, 0.25) is 0 Å². The van der Waals surface area contributed by atoms with E-state index >= 15 is 0 Å². The van der Waals surface area contributed by atoms with E-state index in [2.05, 4.69) is 20.8 Å². The summed E-state index contributed by atoms with van der Waals surface area (Å²) in [6.07, 6.45) is 1.61. The molecule has 0 amide bonds. The zero-order valence-corrected chi connectivity index (χ0v) is 11.5. The molecule has 18 heavy (non-hydrogen) atoms. The molecule has 2 rings (SSSR count). The van der Waals surface area contributed by atoms with Crippen molar-refractivity contribution >= 4 is 21.9 Å². The highest BCUT2D eigenvalue weighted by Crippen LogP contribution is 2.23. The normalized spacial score (nSPS) is 20.9. The zero-order chi connectivity index (χ0) is 13.1. The minimum Gasteiger partial charge on any atom is -0.481 e. The smallest absolute Gasteiger partial charge is 0.307 e. The summed E-state index contributed by atoms with van der Waals surface area (Å²) in [6, 6.07) is 4.58. The molecular weight excluding hydrogens is 301 g/mol. The van der Waals surface area contributed by atoms with Crippen molar-refractivity contribution in [2.75, 3.05) is 13.1 Å². The van der Waals surface area contributed by atoms with E-state index in [1.54, 1.807) is 6.07 Å². The third kappa shape index (κ3) is 3.29. The Morgan fingerprint density at radius 2 is 2.33 bits per heavy atom. The largest absolute Gasteiger partial charge is 0.481 e. The molecule has 1 saturated heterocycles. The quantitative estimate of drug-likeness (QED) is 0.932. The molecule has 0 unspecified atom stereocenters. The number of piperidine rings is 1. The lowest BCUT2D eigenvalue weighted by molar-refractivity contribution is -0.143. The van der Waals surface area contributed by atoms with E-state index in [-0.39, 0.29) is 11.7 Å². The Balaban J connectivity index is 2.04. The van der Waals surface area contributed by atoms with Gasteiger partial charge in [-0.05, 0) is 43.1 Å². The number of hydrogen-bond donors (Lipinski definition) is 1. The molecule has 1 aromatic rings. The van der Waals surface area contributed by atoms with Gasteiger partial charge in [-0.1, -0.05) is 15.9 Å². The predicted molar refractivity (Wildman–Crippen MR) is 69.7 cm³/mol. The van der Waals surface area contributed by atoms with Crippen molar-refractivity contribution < 1.29 is 14.3 Å². The summed E-state index contributed by atoms with van der Waals surface area (Å²) >= 11 is 3.39. The fourth-order valence-corrected chi connectivity index (χ4v) is 2.68. The SMILES string of the molecule is O=C(O)[C@H]1CCCN(Cc2cc(F)ccc2Br)C1. The molecule has 1 aliphatic heterocycles. The van der Waals surface area contributed by atoms with Crippen LogP contribution in [0.1, 0.15) is 18.4 Å². The van der Waals surface area contributed by atoms with Crippen LogP contribution in [0.4, 0.5) is 4.39 Å². The summed E-state index contributed by atoms with van der Waals surface area (Å²) < 4.78 is 14.0. The fourth-order valence-electron chi connectivity index (χ4n) is 2.31. The number of likely N-dealkylation sites (tertiary alicyclic amines) is 1. The third-order valence-corrected chi connectivity index (χ3v) is 4.03. The molecule has 5 heteroatoms. The second-order valence-electron chi connectivity index (χ2n) is 4.65. The summed E-state index contributed by atoms with van der Waals surface area (Å²) in [4.78, 5) is 13.0. The Morgan fingerprint density at radius 1 is 1.56 bits per heavy atom. The monoisotopic (exact) mass is 315 g/mol. The van der Waals surface area contributed by atoms with Crippen LogP contribution in [0.3, 0.4) is 0 Å². The minimum atomic E-state index is -0.738. The summed E-state index contributed by atoms with van der Waals surface area (Å²) in [6.45, 7) is 1.99. The zero-order valence-electron chi connectivity index (χ0n) is 9.90. The molecule has 0 radical (unpaired) electrons. The molecule has 1 fully saturated rings. The van der Waals surface area contributed by atoms with Crippen molar-refractivity contribution in [3.05, 3.63) is 34.1 Å². The van der Waals surface area contributed by atoms with Gasteiger partial charge in [0.05, 0.1) is 5.92 Å². The van der Waals surface area contributed by atoms with Crippen LogP contribution in [-0.2, 0) is 11.3 Å². The Labute approximate surface area is 114 Å². The molecule has 3 nitrogen and oxygen atoms in total. The maximum Gasteiger partial charge on any atom is 0.307 e. The van der Waals surface area contributed by atoms with Crippen molar-refractivity contribution in [2.45, 2.75) is 19.4 Å². The van der Waals surface area contributed by atoms with Crippen LogP contribution in [0.15, 0.2) is 22.7 Å². The number of halogens is 2. The average molecular weight is 316 g/mol. The predicted octanol–water partition coefficient (Wildman–Crippen LogP) is 2.88. The van der Waals surface area contributed by atoms with E-state index in [4.69, 9.17) is 5.11 Å². The van der Waals surface area contributed by atoms with Gasteiger partial charge in [-0.2, -0.15) is 0 Å². The lowest BCUT2D eigenvalue weighted by atomic mass is 9.98. The fraction of sp³-hybridized carbons (Fsp3) is 0.462. The summed E-state index contributed by atoms with van der Waals surface area (Å²) in [5.41, 5.74) is 0.862. The second kappa shape index (κ2) is 5.80. The van der Waals surface area contributed by atoms with Gasteiger partial charge in [-0.3, -0.25) is 9.69 Å². The molecule has 1 N–H and O–H groups in total. The Hall–Kier alpha value is -0.940. The van der Waals surface area contributed by atoms with Crippen LogP contribution in [0, 0.1) is 11.7 Å². The Bertz CT molecular complexity index is 453. The number of aliphatic carboxylic acids is 1. The number of rotatable bonds is 3. The second-order valence-corrected chi connectivity index (χ2v) is 5.50. The van der Waals surface area contributed by atoms with E-state index < -0.39 is 5.97 Å². The van der Waals surface area contributed by atoms with Crippen LogP contribution >= 0.6 is 15.9 Å². The summed E-state index contributed by atoms with van der Waals surface area (Å²) in [5.74, 6) is -1.30. The third-order valence-electron chi connectivity index (χ3n) is 3.26. The number of carboxylic acids is 1. The lowest BCUT2D eigenvalue weighted by Gasteiger charge is -2.30. The van der Waals surface area contributed by atoms with Crippen LogP contribution in [0.2, 0.25) is 0 Å². The van der Waals surface area contributed by atoms with Crippen molar-refractivity contribution in [1.82, 2.24) is 4.90 Å². The first kappa shape index (κ1) is 13.5. The van der Waals surface area contributed by atoms with Gasteiger partial charge in [-0.25, -0.2) is 4.39 Å². The van der Waals surface area contributed by atoms with Crippen molar-refractivity contribution in [2.24, 2.45) is 5.92 Å². The van der Waals surface area contributed by atoms with E-state index in [0.29, 0.717) is 13.1 Å². The topological polar surface area (TPSA) is 40.5 Å². The van der Waals surface area contributed by atoms with Crippen LogP contribution in [-0.4, -0.2) is 29.1 Å². The average Bonchev–Trinajstić information content (AvgIpc) is 2.34. The molecule has 1 aromatic carbocycles. The van der Waals surface area contributed by atoms with E-state index in [9.17, 15) is 9.18 Å². The first-order valence-electron chi connectivity index (χ1n) is 5.95. The molecule has 1 atom stereocenters. The summed E-state index contributed by atoms with van der Waals surface area (Å²) in [5, 5.41) is 9.02. The molecule has 98 valence electrons. The van der Waals surface area contributed by atoms with Crippen molar-refractivity contribution in [3.8, 4) is 0 Å². The standard InChI is InChI=1S/C13H15BrFNO2/c14-12-4-3-11(15)6-10(12)8-16-5-1-2-9(7-16)13(17)18/h3-4,6,9H,1-2,5,7-8H2,(H,17,18)/t9-/m0/s1. The van der Waals surface area contributed by atoms with E-state index in [1.807, 2.05) is 0 Å². The minimum absolute atomic E-state index is 0.264. The van der Waals surface area contributed by atoms with Crippen molar-refractivity contribution in [1.29, 1.82) is 0 Å². The molecular formula is C13H15BrFNO2. The summed E-state index contributed by atoms with van der Waals surface area (Å²) in [7, 11) is 0. The number of hydrogen-bond acceptors (Lipinski definition) is 2. The van der Waals surface area contributed by atoms with Gasteiger partial charge in [0.25, 0.3) is 0 Å². The van der Waals surface area contributed by atoms with E-state index in [0.717, 1.165) is 29.4 Å². The van der Waals surface area contributed by atoms with Gasteiger partial charge < -0.3 is 5.11 Å². The molecule has 0 saturated carbocycles. The number of carboxylic acid groups (broad SMARTS) is 1. The number of nitrogens with zero attached hydrogens (tertiary/aromatic N) is 1. The molecule has 1 aliphatic rings. The van der Waals surface area contributed by atoms with Gasteiger partial charge in [0.15, 0.2) is 0 Å². The van der Waals surface area contributed by atoms with Gasteiger partial charge in [0, 0.05) is 17.6 Å². The Kier molecular flexibility index (Phi) is 4.35. The van der Waals surface area contributed by atoms with Gasteiger partial charge in [-0.15, -0.1) is 0 Å². The highest BCUT2D eigenvalue weighted by Gasteiger charge is 2.25. The highest BCUT2D eigenvalue weighted by molar-refractivity contribution is 9.10. The van der Waals surface area contributed by atoms with Gasteiger partial charge >= 0.3 is 5.97 Å². The van der Waals surface area contributed by atoms with Crippen molar-refractivity contribution in [3.63, 3.8) is 0 Å². The number of carbonyl (C=O) groups is 1. The molecule has 0 bridgehead atoms. The molecule has 0 aliphatic carbocycles. The maximum atomic E-state index is 13.2. The Morgan fingerprint density at radius 3 is 3.06 bits per heavy atom. The molecule has 0 aromatic heterocycles. The van der Waals surface area contributed by atoms with Crippen LogP contribution in [0.5, 0.6) is 0 Å². The highest BCUT2D eigenvalue weighted by atomic mass is 79.9. The van der Waals surface area contributed by atoms with Crippen LogP contribution < -0.4 is 0 Å². The first-order chi connectivity index (χ1) is 8.56. The first-order valence-corrected chi connectivity index (χ1v) is 6.74. The maximum absolute atomic E-state index is 13.2. The van der Waals surface area contributed by atoms with Crippen LogP contribution in [0.25, 0.3) is 0 Å². The van der Waals surface area contributed by atoms with Gasteiger partial charge in [0.1, 0.15) is 5.82 Å². The number of benzene rings is 1. The van der Waals surface area contributed by atoms with E-state index in [1.165, 1.54) is 12.1 Å².